The topological polar surface area (TPSA) is 92.8 Å². The van der Waals surface area contributed by atoms with E-state index >= 15 is 0 Å². The molecule has 1 aromatic rings. The lowest BCUT2D eigenvalue weighted by molar-refractivity contribution is -0.149. The number of ether oxygens (including phenoxy) is 1. The van der Waals surface area contributed by atoms with Gasteiger partial charge in [0.2, 0.25) is 5.89 Å². The Kier molecular flexibility index (Phi) is 7.02. The van der Waals surface area contributed by atoms with Crippen LogP contribution in [0, 0.1) is 12.8 Å². The average Bonchev–Trinajstić information content (AvgIpc) is 3.00. The molecule has 8 heteroatoms. The Bertz CT molecular complexity index is 558. The fourth-order valence-corrected chi connectivity index (χ4v) is 2.84. The summed E-state index contributed by atoms with van der Waals surface area (Å²) < 4.78 is 10.2. The van der Waals surface area contributed by atoms with Gasteiger partial charge in [0.05, 0.1) is 12.5 Å². The maximum absolute atomic E-state index is 11.9. The van der Waals surface area contributed by atoms with Crippen LogP contribution in [-0.2, 0) is 16.0 Å². The van der Waals surface area contributed by atoms with Crippen molar-refractivity contribution in [3.63, 3.8) is 0 Å². The number of carbonyl (C=O) groups is 1. The maximum atomic E-state index is 11.9. The fraction of sp³-hybridized carbons (Fsp3) is 0.750. The number of rotatable bonds is 6. The van der Waals surface area contributed by atoms with E-state index in [2.05, 4.69) is 25.3 Å². The third-order valence-electron chi connectivity index (χ3n) is 3.97. The van der Waals surface area contributed by atoms with Gasteiger partial charge < -0.3 is 19.5 Å². The van der Waals surface area contributed by atoms with E-state index in [1.165, 1.54) is 0 Å². The standard InChI is InChI=1S/C16H27N5O3/c1-4-23-15(22)13-7-6-10-21(11-13)16(17-3)18-9-5-8-14-19-12(2)20-24-14/h13H,4-11H2,1-3H3,(H,17,18). The predicted octanol–water partition coefficient (Wildman–Crippen LogP) is 1.16. The van der Waals surface area contributed by atoms with E-state index in [1.807, 2.05) is 13.8 Å². The van der Waals surface area contributed by atoms with Gasteiger partial charge in [-0.05, 0) is 33.1 Å². The molecule has 1 aromatic heterocycles. The van der Waals surface area contributed by atoms with Crippen molar-refractivity contribution in [3.05, 3.63) is 11.7 Å². The monoisotopic (exact) mass is 337 g/mol. The number of piperidine rings is 1. The second kappa shape index (κ2) is 9.24. The Hall–Kier alpha value is -2.12. The van der Waals surface area contributed by atoms with Crippen LogP contribution < -0.4 is 5.32 Å². The molecule has 0 saturated carbocycles. The third-order valence-corrected chi connectivity index (χ3v) is 3.97. The fourth-order valence-electron chi connectivity index (χ4n) is 2.84. The molecule has 0 aromatic carbocycles. The van der Waals surface area contributed by atoms with E-state index in [0.717, 1.165) is 44.7 Å². The minimum atomic E-state index is -0.107. The first-order chi connectivity index (χ1) is 11.6. The molecule has 24 heavy (non-hydrogen) atoms. The Morgan fingerprint density at radius 1 is 1.54 bits per heavy atom. The molecule has 0 bridgehead atoms. The summed E-state index contributed by atoms with van der Waals surface area (Å²) in [6.07, 6.45) is 3.44. The number of likely N-dealkylation sites (tertiary alicyclic amines) is 1. The van der Waals surface area contributed by atoms with Crippen molar-refractivity contribution in [2.45, 2.75) is 39.5 Å². The van der Waals surface area contributed by atoms with Crippen molar-refractivity contribution >= 4 is 11.9 Å². The number of guanidine groups is 1. The molecule has 1 fully saturated rings. The van der Waals surface area contributed by atoms with Crippen molar-refractivity contribution in [2.24, 2.45) is 10.9 Å². The number of nitrogens with one attached hydrogen (secondary N) is 1. The number of aryl methyl sites for hydroxylation is 2. The van der Waals surface area contributed by atoms with Gasteiger partial charge in [-0.1, -0.05) is 5.16 Å². The molecule has 2 rings (SSSR count). The Balaban J connectivity index is 1.77. The van der Waals surface area contributed by atoms with E-state index in [9.17, 15) is 4.79 Å². The predicted molar refractivity (Wildman–Crippen MR) is 89.6 cm³/mol. The molecule has 0 radical (unpaired) electrons. The number of carbonyl (C=O) groups excluding carboxylic acids is 1. The first-order valence-electron chi connectivity index (χ1n) is 8.55. The van der Waals surface area contributed by atoms with Gasteiger partial charge in [0, 0.05) is 33.1 Å². The molecule has 0 amide bonds. The van der Waals surface area contributed by atoms with Gasteiger partial charge in [-0.25, -0.2) is 0 Å². The van der Waals surface area contributed by atoms with Crippen LogP contribution in [0.1, 0.15) is 37.9 Å². The second-order valence-electron chi connectivity index (χ2n) is 5.85. The summed E-state index contributed by atoms with van der Waals surface area (Å²) >= 11 is 0. The van der Waals surface area contributed by atoms with Crippen molar-refractivity contribution < 1.29 is 14.1 Å². The zero-order valence-corrected chi connectivity index (χ0v) is 14.7. The molecule has 1 aliphatic heterocycles. The summed E-state index contributed by atoms with van der Waals surface area (Å²) in [5, 5.41) is 7.12. The van der Waals surface area contributed by atoms with Gasteiger partial charge in [-0.2, -0.15) is 4.98 Å². The minimum Gasteiger partial charge on any atom is -0.466 e. The highest BCUT2D eigenvalue weighted by molar-refractivity contribution is 5.81. The summed E-state index contributed by atoms with van der Waals surface area (Å²) in [5.41, 5.74) is 0. The van der Waals surface area contributed by atoms with Crippen molar-refractivity contribution in [2.75, 3.05) is 33.3 Å². The van der Waals surface area contributed by atoms with Gasteiger partial charge in [0.25, 0.3) is 0 Å². The summed E-state index contributed by atoms with van der Waals surface area (Å²) in [7, 11) is 1.76. The number of esters is 1. The largest absolute Gasteiger partial charge is 0.466 e. The zero-order valence-electron chi connectivity index (χ0n) is 14.7. The summed E-state index contributed by atoms with van der Waals surface area (Å²) in [5.74, 6) is 1.96. The number of hydrogen-bond acceptors (Lipinski definition) is 6. The molecule has 1 unspecified atom stereocenters. The van der Waals surface area contributed by atoms with Crippen LogP contribution in [0.4, 0.5) is 0 Å². The van der Waals surface area contributed by atoms with Crippen LogP contribution in [0.3, 0.4) is 0 Å². The molecule has 1 atom stereocenters. The van der Waals surface area contributed by atoms with Crippen LogP contribution in [0.15, 0.2) is 9.52 Å². The third kappa shape index (κ3) is 5.21. The highest BCUT2D eigenvalue weighted by atomic mass is 16.5. The van der Waals surface area contributed by atoms with E-state index in [-0.39, 0.29) is 11.9 Å². The highest BCUT2D eigenvalue weighted by Crippen LogP contribution is 2.18. The van der Waals surface area contributed by atoms with Crippen LogP contribution in [-0.4, -0.2) is 60.3 Å². The summed E-state index contributed by atoms with van der Waals surface area (Å²) in [6, 6.07) is 0. The molecule has 0 aliphatic carbocycles. The summed E-state index contributed by atoms with van der Waals surface area (Å²) in [4.78, 5) is 22.6. The first kappa shape index (κ1) is 18.2. The lowest BCUT2D eigenvalue weighted by Gasteiger charge is -2.33. The van der Waals surface area contributed by atoms with Gasteiger partial charge in [-0.15, -0.1) is 0 Å². The molecule has 2 heterocycles. The second-order valence-corrected chi connectivity index (χ2v) is 5.85. The highest BCUT2D eigenvalue weighted by Gasteiger charge is 2.28. The normalized spacial score (nSPS) is 18.5. The van der Waals surface area contributed by atoms with E-state index in [4.69, 9.17) is 9.26 Å². The first-order valence-corrected chi connectivity index (χ1v) is 8.55. The van der Waals surface area contributed by atoms with Gasteiger partial charge >= 0.3 is 5.97 Å². The van der Waals surface area contributed by atoms with Crippen molar-refractivity contribution in [1.29, 1.82) is 0 Å². The molecular weight excluding hydrogens is 310 g/mol. The maximum Gasteiger partial charge on any atom is 0.310 e. The van der Waals surface area contributed by atoms with Crippen LogP contribution in [0.2, 0.25) is 0 Å². The molecule has 1 saturated heterocycles. The van der Waals surface area contributed by atoms with E-state index in [0.29, 0.717) is 24.9 Å². The molecule has 0 spiro atoms. The Morgan fingerprint density at radius 3 is 3.04 bits per heavy atom. The Labute approximate surface area is 142 Å². The lowest BCUT2D eigenvalue weighted by atomic mass is 9.98. The van der Waals surface area contributed by atoms with E-state index in [1.54, 1.807) is 7.05 Å². The molecule has 134 valence electrons. The molecule has 8 nitrogen and oxygen atoms in total. The number of nitrogens with zero attached hydrogens (tertiary/aromatic N) is 4. The van der Waals surface area contributed by atoms with Crippen molar-refractivity contribution in [3.8, 4) is 0 Å². The number of aliphatic imine (C=N–C) groups is 1. The van der Waals surface area contributed by atoms with Gasteiger partial charge in [0.15, 0.2) is 11.8 Å². The van der Waals surface area contributed by atoms with Crippen molar-refractivity contribution in [1.82, 2.24) is 20.4 Å². The smallest absolute Gasteiger partial charge is 0.310 e. The zero-order chi connectivity index (χ0) is 17.4. The van der Waals surface area contributed by atoms with E-state index < -0.39 is 0 Å². The molecule has 1 aliphatic rings. The minimum absolute atomic E-state index is 0.0707. The molecule has 1 N–H and O–H groups in total. The van der Waals surface area contributed by atoms with Crippen LogP contribution in [0.25, 0.3) is 0 Å². The van der Waals surface area contributed by atoms with Crippen LogP contribution >= 0.6 is 0 Å². The number of aromatic nitrogens is 2. The SMILES string of the molecule is CCOC(=O)C1CCCN(C(=NC)NCCCc2nc(C)no2)C1. The average molecular weight is 337 g/mol. The number of hydrogen-bond donors (Lipinski definition) is 1. The lowest BCUT2D eigenvalue weighted by Crippen LogP contribution is -2.48. The van der Waals surface area contributed by atoms with Crippen LogP contribution in [0.5, 0.6) is 0 Å². The molecular formula is C16H27N5O3. The van der Waals surface area contributed by atoms with Gasteiger partial charge in [-0.3, -0.25) is 9.79 Å². The summed E-state index contributed by atoms with van der Waals surface area (Å²) in [6.45, 7) is 6.39. The Morgan fingerprint density at radius 2 is 2.38 bits per heavy atom. The quantitative estimate of drug-likeness (QED) is 0.360. The van der Waals surface area contributed by atoms with Gasteiger partial charge in [0.1, 0.15) is 0 Å².